The average Bonchev–Trinajstić information content (AvgIpc) is 3.04. The first-order valence-corrected chi connectivity index (χ1v) is 13.2. The van der Waals surface area contributed by atoms with E-state index < -0.39 is 17.2 Å². The van der Waals surface area contributed by atoms with Crippen molar-refractivity contribution in [2.45, 2.75) is 6.42 Å². The molecule has 0 aliphatic rings. The van der Waals surface area contributed by atoms with E-state index in [4.69, 9.17) is 20.7 Å². The van der Waals surface area contributed by atoms with Gasteiger partial charge in [0.2, 0.25) is 0 Å². The quantitative estimate of drug-likeness (QED) is 0.261. The molecule has 0 atom stereocenters. The summed E-state index contributed by atoms with van der Waals surface area (Å²) in [5.74, 6) is -1.73. The normalized spacial score (nSPS) is 11.0. The van der Waals surface area contributed by atoms with Crippen LogP contribution in [-0.2, 0) is 6.42 Å². The maximum absolute atomic E-state index is 10.8. The highest BCUT2D eigenvalue weighted by Crippen LogP contribution is 2.39. The lowest BCUT2D eigenvalue weighted by molar-refractivity contribution is 0.441. The molecule has 0 spiro atoms. The van der Waals surface area contributed by atoms with Gasteiger partial charge >= 0.3 is 0 Å². The maximum Gasteiger partial charge on any atom is 0.167 e. The Morgan fingerprint density at radius 1 is 0.595 bits per heavy atom. The Morgan fingerprint density at radius 2 is 1.26 bits per heavy atom. The van der Waals surface area contributed by atoms with Crippen molar-refractivity contribution in [2.75, 3.05) is 0 Å². The van der Waals surface area contributed by atoms with Gasteiger partial charge in [-0.05, 0) is 57.8 Å². The van der Waals surface area contributed by atoms with Crippen molar-refractivity contribution < 1.29 is 15.3 Å². The molecule has 0 amide bonds. The van der Waals surface area contributed by atoms with Crippen LogP contribution in [0.4, 0.5) is 0 Å². The van der Waals surface area contributed by atoms with Crippen LogP contribution in [0.5, 0.6) is 17.2 Å². The third-order valence-electron chi connectivity index (χ3n) is 7.13. The number of aromatic hydroxyl groups is 3. The fourth-order valence-electron chi connectivity index (χ4n) is 4.96. The molecule has 6 nitrogen and oxygen atoms in total. The number of hydrogen-bond donors (Lipinski definition) is 3. The molecule has 2 aromatic heterocycles. The van der Waals surface area contributed by atoms with E-state index in [9.17, 15) is 15.3 Å². The number of phenols is 3. The van der Waals surface area contributed by atoms with Gasteiger partial charge in [-0.2, -0.15) is 0 Å². The van der Waals surface area contributed by atoms with Crippen LogP contribution in [0, 0.1) is 0 Å². The molecule has 6 aromatic rings. The SMILES string of the molecule is [B]c1c(O)c([B])c(O)c(-c2ncc(-c3cccc(-c4cccnc4)c3)c(-c3cccc(Cc4ccccc4)c3)n2)c1O. The van der Waals surface area contributed by atoms with Crippen LogP contribution in [0.1, 0.15) is 11.1 Å². The number of phenolic OH excluding ortho intramolecular Hbond substituents is 3. The first-order valence-electron chi connectivity index (χ1n) is 13.2. The van der Waals surface area contributed by atoms with Gasteiger partial charge in [0.1, 0.15) is 38.5 Å². The Bertz CT molecular complexity index is 1890. The predicted octanol–water partition coefficient (Wildman–Crippen LogP) is 4.83. The second-order valence-electron chi connectivity index (χ2n) is 9.89. The van der Waals surface area contributed by atoms with E-state index in [1.54, 1.807) is 18.6 Å². The van der Waals surface area contributed by atoms with Gasteiger partial charge in [-0.25, -0.2) is 9.97 Å². The summed E-state index contributed by atoms with van der Waals surface area (Å²) < 4.78 is 0. The molecule has 0 unspecified atom stereocenters. The molecule has 0 fully saturated rings. The largest absolute Gasteiger partial charge is 0.509 e. The van der Waals surface area contributed by atoms with Crippen molar-refractivity contribution in [1.82, 2.24) is 15.0 Å². The highest BCUT2D eigenvalue weighted by atomic mass is 16.3. The predicted molar refractivity (Wildman–Crippen MR) is 167 cm³/mol. The van der Waals surface area contributed by atoms with Gasteiger partial charge in [-0.3, -0.25) is 4.98 Å². The standard InChI is InChI=1S/C34H23B2N3O3/c35-28-31(40)27(32(41)29(36)33(28)42)34-38-19-26(23-11-5-10-22(17-23)25-13-6-14-37-18-25)30(39-34)24-12-4-9-21(16-24)15-20-7-2-1-3-8-20/h1-14,16-19,40-42H,15H2. The van der Waals surface area contributed by atoms with Crippen LogP contribution >= 0.6 is 0 Å². The molecule has 42 heavy (non-hydrogen) atoms. The highest BCUT2D eigenvalue weighted by molar-refractivity contribution is 6.44. The van der Waals surface area contributed by atoms with Crippen LogP contribution < -0.4 is 10.9 Å². The maximum atomic E-state index is 10.8. The summed E-state index contributed by atoms with van der Waals surface area (Å²) in [6, 6.07) is 30.1. The fraction of sp³-hybridized carbons (Fsp3) is 0.0294. The summed E-state index contributed by atoms with van der Waals surface area (Å²) in [5.41, 5.74) is 6.27. The molecule has 0 saturated carbocycles. The lowest BCUT2D eigenvalue weighted by Gasteiger charge is -2.17. The zero-order valence-corrected chi connectivity index (χ0v) is 22.4. The average molecular weight is 543 g/mol. The summed E-state index contributed by atoms with van der Waals surface area (Å²) in [6.07, 6.45) is 5.90. The molecule has 4 aromatic carbocycles. The fourth-order valence-corrected chi connectivity index (χ4v) is 4.96. The summed E-state index contributed by atoms with van der Waals surface area (Å²) in [7, 11) is 11.7. The van der Waals surface area contributed by atoms with Gasteiger partial charge in [0.05, 0.1) is 5.69 Å². The lowest BCUT2D eigenvalue weighted by Crippen LogP contribution is -2.17. The Balaban J connectivity index is 1.54. The van der Waals surface area contributed by atoms with E-state index in [0.717, 1.165) is 39.8 Å². The van der Waals surface area contributed by atoms with E-state index >= 15 is 0 Å². The molecule has 0 bridgehead atoms. The Morgan fingerprint density at radius 3 is 2.00 bits per heavy atom. The molecule has 0 aliphatic carbocycles. The molecule has 0 saturated heterocycles. The monoisotopic (exact) mass is 543 g/mol. The van der Waals surface area contributed by atoms with Crippen LogP contribution in [0.2, 0.25) is 0 Å². The highest BCUT2D eigenvalue weighted by Gasteiger charge is 2.23. The first-order chi connectivity index (χ1) is 20.4. The van der Waals surface area contributed by atoms with Crippen molar-refractivity contribution in [2.24, 2.45) is 0 Å². The van der Waals surface area contributed by atoms with E-state index in [2.05, 4.69) is 34.2 Å². The van der Waals surface area contributed by atoms with Crippen LogP contribution in [0.3, 0.4) is 0 Å². The zero-order valence-electron chi connectivity index (χ0n) is 22.4. The molecular weight excluding hydrogens is 520 g/mol. The Kier molecular flexibility index (Phi) is 7.19. The van der Waals surface area contributed by atoms with Crippen LogP contribution in [-0.4, -0.2) is 46.0 Å². The number of aromatic nitrogens is 3. The Labute approximate surface area is 245 Å². The summed E-state index contributed by atoms with van der Waals surface area (Å²) >= 11 is 0. The topological polar surface area (TPSA) is 99.4 Å². The molecule has 0 aliphatic heterocycles. The number of nitrogens with zero attached hydrogens (tertiary/aromatic N) is 3. The zero-order chi connectivity index (χ0) is 29.2. The van der Waals surface area contributed by atoms with Crippen LogP contribution in [0.25, 0.3) is 44.9 Å². The number of pyridine rings is 1. The molecule has 4 radical (unpaired) electrons. The molecule has 2 heterocycles. The molecule has 198 valence electrons. The van der Waals surface area contributed by atoms with Crippen molar-refractivity contribution in [1.29, 1.82) is 0 Å². The smallest absolute Gasteiger partial charge is 0.167 e. The molecule has 6 rings (SSSR count). The molecular formula is C34H23B2N3O3. The number of hydrogen-bond acceptors (Lipinski definition) is 6. The van der Waals surface area contributed by atoms with E-state index in [-0.39, 0.29) is 22.3 Å². The summed E-state index contributed by atoms with van der Waals surface area (Å²) in [4.78, 5) is 13.6. The minimum Gasteiger partial charge on any atom is -0.509 e. The first kappa shape index (κ1) is 26.8. The van der Waals surface area contributed by atoms with E-state index in [1.807, 2.05) is 66.7 Å². The second kappa shape index (κ2) is 11.3. The van der Waals surface area contributed by atoms with Gasteiger partial charge in [-0.1, -0.05) is 72.8 Å². The van der Waals surface area contributed by atoms with Gasteiger partial charge in [0.15, 0.2) is 5.82 Å². The van der Waals surface area contributed by atoms with Crippen LogP contribution in [0.15, 0.2) is 110 Å². The summed E-state index contributed by atoms with van der Waals surface area (Å²) in [6.45, 7) is 0. The molecule has 8 heteroatoms. The Hall–Kier alpha value is -5.36. The van der Waals surface area contributed by atoms with Crippen molar-refractivity contribution in [3.05, 3.63) is 121 Å². The van der Waals surface area contributed by atoms with E-state index in [0.29, 0.717) is 5.69 Å². The second-order valence-corrected chi connectivity index (χ2v) is 9.89. The summed E-state index contributed by atoms with van der Waals surface area (Å²) in [5, 5.41) is 31.7. The van der Waals surface area contributed by atoms with Gasteiger partial charge in [0.25, 0.3) is 0 Å². The minimum atomic E-state index is -0.605. The van der Waals surface area contributed by atoms with E-state index in [1.165, 1.54) is 5.56 Å². The lowest BCUT2D eigenvalue weighted by atomic mass is 9.81. The molecule has 3 N–H and O–H groups in total. The number of benzene rings is 4. The van der Waals surface area contributed by atoms with Crippen molar-refractivity contribution >= 4 is 26.6 Å². The third kappa shape index (κ3) is 5.10. The van der Waals surface area contributed by atoms with Crippen molar-refractivity contribution in [3.8, 4) is 62.1 Å². The van der Waals surface area contributed by atoms with Crippen molar-refractivity contribution in [3.63, 3.8) is 0 Å². The van der Waals surface area contributed by atoms with Gasteiger partial charge < -0.3 is 15.3 Å². The minimum absolute atomic E-state index is 0.000901. The number of rotatable bonds is 6. The van der Waals surface area contributed by atoms with Gasteiger partial charge in [-0.15, -0.1) is 0 Å². The van der Waals surface area contributed by atoms with Gasteiger partial charge in [0, 0.05) is 35.3 Å². The third-order valence-corrected chi connectivity index (χ3v) is 7.13.